The lowest BCUT2D eigenvalue weighted by atomic mass is 9.79. The molecule has 2 atom stereocenters. The largest absolute Gasteiger partial charge is 0.480 e. The molecule has 0 fully saturated rings. The first-order valence-corrected chi connectivity index (χ1v) is 7.58. The molecule has 1 aromatic rings. The molecule has 2 N–H and O–H groups in total. The second-order valence-corrected chi connectivity index (χ2v) is 6.66. The third-order valence-electron chi connectivity index (χ3n) is 3.76. The molecule has 2 rings (SSSR count). The smallest absolute Gasteiger partial charge is 0.408 e. The highest BCUT2D eigenvalue weighted by atomic mass is 16.6. The van der Waals surface area contributed by atoms with Crippen LogP contribution in [-0.2, 0) is 16.0 Å². The number of alkyl carbamates (subject to hydrolysis) is 1. The molecule has 0 aliphatic heterocycles. The second-order valence-electron chi connectivity index (χ2n) is 6.66. The first-order chi connectivity index (χ1) is 10.3. The highest BCUT2D eigenvalue weighted by Gasteiger charge is 2.34. The number of carboxylic acid groups (broad SMARTS) is 1. The average Bonchev–Trinajstić information content (AvgIpc) is 2.42. The fraction of sp³-hybridized carbons (Fsp3) is 0.529. The predicted octanol–water partition coefficient (Wildman–Crippen LogP) is 3.08. The summed E-state index contributed by atoms with van der Waals surface area (Å²) in [5.74, 6) is -1.26. The van der Waals surface area contributed by atoms with Crippen LogP contribution in [0.1, 0.15) is 50.7 Å². The number of aliphatic carboxylic acids is 1. The number of hydrogen-bond donors (Lipinski definition) is 2. The van der Waals surface area contributed by atoms with Crippen LogP contribution in [0.2, 0.25) is 0 Å². The van der Waals surface area contributed by atoms with Gasteiger partial charge >= 0.3 is 12.1 Å². The average molecular weight is 305 g/mol. The van der Waals surface area contributed by atoms with E-state index in [1.807, 2.05) is 24.3 Å². The number of carbonyl (C=O) groups is 2. The molecule has 5 nitrogen and oxygen atoms in total. The van der Waals surface area contributed by atoms with E-state index in [2.05, 4.69) is 5.32 Å². The molecule has 120 valence electrons. The Balaban J connectivity index is 2.19. The van der Waals surface area contributed by atoms with Gasteiger partial charge in [-0.3, -0.25) is 0 Å². The molecule has 0 radical (unpaired) electrons. The van der Waals surface area contributed by atoms with E-state index < -0.39 is 23.7 Å². The van der Waals surface area contributed by atoms with Gasteiger partial charge in [-0.15, -0.1) is 0 Å². The number of benzene rings is 1. The molecule has 0 aromatic heterocycles. The number of nitrogens with one attached hydrogen (secondary N) is 1. The molecule has 0 saturated carbocycles. The highest BCUT2D eigenvalue weighted by molar-refractivity contribution is 5.81. The molecule has 5 heteroatoms. The van der Waals surface area contributed by atoms with Crippen molar-refractivity contribution >= 4 is 12.1 Å². The van der Waals surface area contributed by atoms with Crippen molar-refractivity contribution in [1.82, 2.24) is 5.32 Å². The van der Waals surface area contributed by atoms with Gasteiger partial charge in [0.25, 0.3) is 0 Å². The molecule has 1 aliphatic rings. The van der Waals surface area contributed by atoms with Crippen molar-refractivity contribution in [2.45, 2.75) is 57.6 Å². The summed E-state index contributed by atoms with van der Waals surface area (Å²) in [6.07, 6.45) is 1.92. The molecule has 0 spiro atoms. The van der Waals surface area contributed by atoms with Crippen LogP contribution in [0.3, 0.4) is 0 Å². The number of aryl methyl sites for hydroxylation is 1. The predicted molar refractivity (Wildman–Crippen MR) is 82.9 cm³/mol. The zero-order chi connectivity index (χ0) is 16.3. The SMILES string of the molecule is CC(C)(C)OC(=O)NC(C(=O)O)C1CCCc2ccccc21. The number of amides is 1. The van der Waals surface area contributed by atoms with Gasteiger partial charge in [-0.25, -0.2) is 9.59 Å². The summed E-state index contributed by atoms with van der Waals surface area (Å²) in [7, 11) is 0. The van der Waals surface area contributed by atoms with E-state index in [0.29, 0.717) is 0 Å². The lowest BCUT2D eigenvalue weighted by Crippen LogP contribution is -2.47. The third kappa shape index (κ3) is 4.00. The summed E-state index contributed by atoms with van der Waals surface area (Å²) in [6.45, 7) is 5.24. The van der Waals surface area contributed by atoms with Crippen LogP contribution in [0.25, 0.3) is 0 Å². The van der Waals surface area contributed by atoms with Crippen molar-refractivity contribution in [3.63, 3.8) is 0 Å². The van der Waals surface area contributed by atoms with Crippen LogP contribution >= 0.6 is 0 Å². The van der Waals surface area contributed by atoms with E-state index in [-0.39, 0.29) is 5.92 Å². The number of ether oxygens (including phenoxy) is 1. The molecule has 0 heterocycles. The molecule has 0 bridgehead atoms. The van der Waals surface area contributed by atoms with Crippen LogP contribution in [0.15, 0.2) is 24.3 Å². The van der Waals surface area contributed by atoms with Crippen LogP contribution in [0, 0.1) is 0 Å². The standard InChI is InChI=1S/C17H23NO4/c1-17(2,3)22-16(21)18-14(15(19)20)13-10-6-8-11-7-4-5-9-12(11)13/h4-5,7,9,13-14H,6,8,10H2,1-3H3,(H,18,21)(H,19,20). The number of carboxylic acids is 1. The summed E-state index contributed by atoms with van der Waals surface area (Å²) in [5.41, 5.74) is 1.52. The van der Waals surface area contributed by atoms with Gasteiger partial charge in [-0.2, -0.15) is 0 Å². The van der Waals surface area contributed by atoms with Crippen LogP contribution in [-0.4, -0.2) is 28.8 Å². The first kappa shape index (κ1) is 16.3. The summed E-state index contributed by atoms with van der Waals surface area (Å²) >= 11 is 0. The van der Waals surface area contributed by atoms with Crippen molar-refractivity contribution in [3.8, 4) is 0 Å². The maximum Gasteiger partial charge on any atom is 0.408 e. The highest BCUT2D eigenvalue weighted by Crippen LogP contribution is 2.34. The molecule has 2 unspecified atom stereocenters. The van der Waals surface area contributed by atoms with Crippen molar-refractivity contribution in [1.29, 1.82) is 0 Å². The molecule has 0 saturated heterocycles. The van der Waals surface area contributed by atoms with Gasteiger partial charge in [-0.1, -0.05) is 24.3 Å². The normalized spacial score (nSPS) is 19.0. The molecule has 1 aromatic carbocycles. The Morgan fingerprint density at radius 2 is 2.00 bits per heavy atom. The minimum atomic E-state index is -1.03. The molecular formula is C17H23NO4. The Kier molecular flexibility index (Phi) is 4.74. The van der Waals surface area contributed by atoms with Crippen molar-refractivity contribution in [2.24, 2.45) is 0 Å². The fourth-order valence-corrected chi connectivity index (χ4v) is 2.91. The lowest BCUT2D eigenvalue weighted by molar-refractivity contribution is -0.140. The van der Waals surface area contributed by atoms with E-state index >= 15 is 0 Å². The Morgan fingerprint density at radius 3 is 2.64 bits per heavy atom. The van der Waals surface area contributed by atoms with E-state index in [1.165, 1.54) is 0 Å². The van der Waals surface area contributed by atoms with E-state index in [1.54, 1.807) is 20.8 Å². The Labute approximate surface area is 130 Å². The van der Waals surface area contributed by atoms with Gasteiger partial charge < -0.3 is 15.2 Å². The number of fused-ring (bicyclic) bond motifs is 1. The van der Waals surface area contributed by atoms with Gasteiger partial charge in [0, 0.05) is 5.92 Å². The molecule has 1 amide bonds. The topological polar surface area (TPSA) is 75.6 Å². The van der Waals surface area contributed by atoms with Crippen LogP contribution < -0.4 is 5.32 Å². The van der Waals surface area contributed by atoms with Crippen molar-refractivity contribution in [2.75, 3.05) is 0 Å². The maximum atomic E-state index is 11.9. The Hall–Kier alpha value is -2.04. The molecule has 1 aliphatic carbocycles. The van der Waals surface area contributed by atoms with Crippen LogP contribution in [0.5, 0.6) is 0 Å². The molecular weight excluding hydrogens is 282 g/mol. The number of rotatable bonds is 3. The van der Waals surface area contributed by atoms with E-state index in [4.69, 9.17) is 4.74 Å². The Morgan fingerprint density at radius 1 is 1.32 bits per heavy atom. The number of hydrogen-bond acceptors (Lipinski definition) is 3. The van der Waals surface area contributed by atoms with Gasteiger partial charge in [0.05, 0.1) is 0 Å². The second kappa shape index (κ2) is 6.38. The minimum Gasteiger partial charge on any atom is -0.480 e. The van der Waals surface area contributed by atoms with E-state index in [9.17, 15) is 14.7 Å². The zero-order valence-corrected chi connectivity index (χ0v) is 13.3. The van der Waals surface area contributed by atoms with Crippen molar-refractivity contribution in [3.05, 3.63) is 35.4 Å². The fourth-order valence-electron chi connectivity index (χ4n) is 2.91. The van der Waals surface area contributed by atoms with Gasteiger partial charge in [0.15, 0.2) is 0 Å². The van der Waals surface area contributed by atoms with Crippen molar-refractivity contribution < 1.29 is 19.4 Å². The first-order valence-electron chi connectivity index (χ1n) is 7.58. The van der Waals surface area contributed by atoms with Gasteiger partial charge in [-0.05, 0) is 51.2 Å². The quantitative estimate of drug-likeness (QED) is 0.900. The zero-order valence-electron chi connectivity index (χ0n) is 13.3. The van der Waals surface area contributed by atoms with Gasteiger partial charge in [0.2, 0.25) is 0 Å². The summed E-state index contributed by atoms with van der Waals surface area (Å²) in [6, 6.07) is 6.86. The Bertz CT molecular complexity index is 562. The summed E-state index contributed by atoms with van der Waals surface area (Å²) in [5, 5.41) is 12.1. The minimum absolute atomic E-state index is 0.227. The van der Waals surface area contributed by atoms with Crippen LogP contribution in [0.4, 0.5) is 4.79 Å². The van der Waals surface area contributed by atoms with E-state index in [0.717, 1.165) is 30.4 Å². The summed E-state index contributed by atoms with van der Waals surface area (Å²) < 4.78 is 5.18. The third-order valence-corrected chi connectivity index (χ3v) is 3.76. The monoisotopic (exact) mass is 305 g/mol. The van der Waals surface area contributed by atoms with Gasteiger partial charge in [0.1, 0.15) is 11.6 Å². The summed E-state index contributed by atoms with van der Waals surface area (Å²) in [4.78, 5) is 23.6. The maximum absolute atomic E-state index is 11.9. The number of carbonyl (C=O) groups excluding carboxylic acids is 1. The lowest BCUT2D eigenvalue weighted by Gasteiger charge is -2.31. The molecule has 22 heavy (non-hydrogen) atoms.